The number of phenolic OH excluding ortho intramolecular Hbond substituents is 1. The third-order valence-electron chi connectivity index (χ3n) is 5.29. The van der Waals surface area contributed by atoms with Gasteiger partial charge in [-0.25, -0.2) is 10.1 Å². The van der Waals surface area contributed by atoms with Gasteiger partial charge in [0.2, 0.25) is 11.6 Å². The molecule has 182 valence electrons. The first-order valence-electron chi connectivity index (χ1n) is 11.0. The first kappa shape index (κ1) is 24.9. The van der Waals surface area contributed by atoms with Crippen molar-refractivity contribution in [2.75, 3.05) is 5.73 Å². The van der Waals surface area contributed by atoms with Gasteiger partial charge < -0.3 is 10.8 Å². The van der Waals surface area contributed by atoms with E-state index in [1.165, 1.54) is 4.68 Å². The molecule has 11 nitrogen and oxygen atoms in total. The van der Waals surface area contributed by atoms with Crippen LogP contribution in [0.25, 0.3) is 5.82 Å². The number of aromatic hydroxyl groups is 1. The molecule has 0 saturated heterocycles. The molecule has 0 radical (unpaired) electrons. The highest BCUT2D eigenvalue weighted by atomic mass is 16.6. The summed E-state index contributed by atoms with van der Waals surface area (Å²) in [6.45, 7) is 16.0. The quantitative estimate of drug-likeness (QED) is 0.380. The van der Waals surface area contributed by atoms with E-state index in [0.717, 1.165) is 16.7 Å². The number of benzene rings is 1. The van der Waals surface area contributed by atoms with Gasteiger partial charge in [0.15, 0.2) is 5.69 Å². The number of anilines is 1. The van der Waals surface area contributed by atoms with E-state index >= 15 is 0 Å². The molecule has 0 aliphatic heterocycles. The van der Waals surface area contributed by atoms with Crippen molar-refractivity contribution in [3.63, 3.8) is 0 Å². The van der Waals surface area contributed by atoms with Crippen LogP contribution in [-0.4, -0.2) is 42.5 Å². The summed E-state index contributed by atoms with van der Waals surface area (Å²) >= 11 is 0. The van der Waals surface area contributed by atoms with Gasteiger partial charge >= 0.3 is 0 Å². The second-order valence-corrected chi connectivity index (χ2v) is 10.5. The highest BCUT2D eigenvalue weighted by Crippen LogP contribution is 2.39. The summed E-state index contributed by atoms with van der Waals surface area (Å²) in [5, 5.41) is 30.3. The number of nitrogens with zero attached hydrogens (tertiary/aromatic N) is 6. The predicted octanol–water partition coefficient (Wildman–Crippen LogP) is 3.42. The first-order chi connectivity index (χ1) is 15.7. The fourth-order valence-corrected chi connectivity index (χ4v) is 3.56. The van der Waals surface area contributed by atoms with E-state index in [1.807, 2.05) is 67.5 Å². The van der Waals surface area contributed by atoms with Crippen molar-refractivity contribution in [3.8, 4) is 11.6 Å². The molecule has 3 rings (SSSR count). The smallest absolute Gasteiger partial charge is 0.293 e. The number of rotatable bonds is 5. The molecule has 1 amide bonds. The minimum absolute atomic E-state index is 0.0356. The average Bonchev–Trinajstić information content (AvgIpc) is 3.33. The van der Waals surface area contributed by atoms with E-state index in [0.29, 0.717) is 5.69 Å². The number of hydrazone groups is 1. The Morgan fingerprint density at radius 1 is 1.15 bits per heavy atom. The fourth-order valence-electron chi connectivity index (χ4n) is 3.56. The van der Waals surface area contributed by atoms with Gasteiger partial charge in [0.1, 0.15) is 5.75 Å². The number of hydrogen-bond acceptors (Lipinski definition) is 9. The summed E-state index contributed by atoms with van der Waals surface area (Å²) < 4.78 is 5.97. The summed E-state index contributed by atoms with van der Waals surface area (Å²) in [7, 11) is 0. The molecule has 0 fully saturated rings. The zero-order valence-corrected chi connectivity index (χ0v) is 20.8. The zero-order valence-electron chi connectivity index (χ0n) is 20.8. The number of nitrogens with one attached hydrogen (secondary N) is 1. The fraction of sp³-hybridized carbons (Fsp3) is 0.478. The molecule has 0 bridgehead atoms. The van der Waals surface area contributed by atoms with E-state index in [4.69, 9.17) is 5.73 Å². The van der Waals surface area contributed by atoms with E-state index in [1.54, 1.807) is 6.21 Å². The number of nitrogens with two attached hydrogens (primary N) is 1. The highest BCUT2D eigenvalue weighted by molar-refractivity contribution is 5.94. The van der Waals surface area contributed by atoms with Gasteiger partial charge in [0.05, 0.1) is 11.9 Å². The third kappa shape index (κ3) is 4.92. The second-order valence-electron chi connectivity index (χ2n) is 10.5. The monoisotopic (exact) mass is 468 g/mol. The van der Waals surface area contributed by atoms with Gasteiger partial charge in [-0.3, -0.25) is 4.79 Å². The molecule has 11 heteroatoms. The van der Waals surface area contributed by atoms with Crippen LogP contribution in [0.15, 0.2) is 21.9 Å². The van der Waals surface area contributed by atoms with Crippen molar-refractivity contribution in [2.45, 2.75) is 72.1 Å². The van der Waals surface area contributed by atoms with Crippen LogP contribution in [-0.2, 0) is 10.8 Å². The Labute approximate surface area is 198 Å². The van der Waals surface area contributed by atoms with Crippen molar-refractivity contribution in [1.82, 2.24) is 30.7 Å². The average molecular weight is 469 g/mol. The molecule has 0 unspecified atom stereocenters. The van der Waals surface area contributed by atoms with Crippen molar-refractivity contribution in [3.05, 3.63) is 40.2 Å². The number of hydrogen-bond donors (Lipinski definition) is 3. The summed E-state index contributed by atoms with van der Waals surface area (Å²) in [4.78, 5) is 12.9. The van der Waals surface area contributed by atoms with Crippen molar-refractivity contribution < 1.29 is 14.5 Å². The molecule has 2 heterocycles. The lowest BCUT2D eigenvalue weighted by Gasteiger charge is -2.27. The molecule has 0 aliphatic rings. The Morgan fingerprint density at radius 2 is 1.74 bits per heavy atom. The lowest BCUT2D eigenvalue weighted by Crippen LogP contribution is -2.21. The first-order valence-corrected chi connectivity index (χ1v) is 11.0. The normalized spacial score (nSPS) is 12.6. The summed E-state index contributed by atoms with van der Waals surface area (Å²) in [5.74, 6) is -0.189. The molecule has 4 N–H and O–H groups in total. The standard InChI is InChI=1S/C23H32N8O3/c1-12(2)17-16(26-30-31(17)20-19(24)28-34-29-20)21(33)27-25-11-13-9-14(22(3,4)5)18(32)15(10-13)23(6,7)8/h9-12,32H,1-8H3,(H2,24,28)(H,27,33). The molecular formula is C23H32N8O3. The number of carbonyl (C=O) groups is 1. The molecule has 1 aromatic carbocycles. The van der Waals surface area contributed by atoms with Crippen LogP contribution >= 0.6 is 0 Å². The number of carbonyl (C=O) groups excluding carboxylic acids is 1. The van der Waals surface area contributed by atoms with Gasteiger partial charge in [0.25, 0.3) is 5.91 Å². The van der Waals surface area contributed by atoms with Crippen LogP contribution in [0.2, 0.25) is 0 Å². The Balaban J connectivity index is 1.91. The Kier molecular flexibility index (Phi) is 6.50. The van der Waals surface area contributed by atoms with Gasteiger partial charge in [-0.1, -0.05) is 60.6 Å². The Morgan fingerprint density at radius 3 is 2.21 bits per heavy atom. The topological polar surface area (TPSA) is 157 Å². The largest absolute Gasteiger partial charge is 0.507 e. The second kappa shape index (κ2) is 8.88. The lowest BCUT2D eigenvalue weighted by atomic mass is 9.78. The lowest BCUT2D eigenvalue weighted by molar-refractivity contribution is 0.0948. The maximum absolute atomic E-state index is 12.9. The number of amides is 1. The Hall–Kier alpha value is -3.76. The van der Waals surface area contributed by atoms with Gasteiger partial charge in [-0.2, -0.15) is 9.78 Å². The zero-order chi connectivity index (χ0) is 25.4. The maximum atomic E-state index is 12.9. The van der Waals surface area contributed by atoms with Crippen LogP contribution in [0, 0.1) is 0 Å². The van der Waals surface area contributed by atoms with Crippen molar-refractivity contribution in [1.29, 1.82) is 0 Å². The molecule has 0 spiro atoms. The summed E-state index contributed by atoms with van der Waals surface area (Å²) in [5.41, 5.74) is 10.7. The molecule has 3 aromatic rings. The molecule has 0 saturated carbocycles. The third-order valence-corrected chi connectivity index (χ3v) is 5.29. The molecule has 0 atom stereocenters. The van der Waals surface area contributed by atoms with Crippen LogP contribution in [0.4, 0.5) is 5.82 Å². The summed E-state index contributed by atoms with van der Waals surface area (Å²) in [6, 6.07) is 3.74. The van der Waals surface area contributed by atoms with Gasteiger partial charge in [-0.05, 0) is 44.8 Å². The number of nitrogen functional groups attached to an aromatic ring is 1. The Bertz CT molecular complexity index is 1190. The van der Waals surface area contributed by atoms with E-state index in [2.05, 4.69) is 35.8 Å². The minimum Gasteiger partial charge on any atom is -0.507 e. The molecule has 2 aromatic heterocycles. The SMILES string of the molecule is CC(C)c1c(C(=O)NN=Cc2cc(C(C)(C)C)c(O)c(C(C)(C)C)c2)nnn1-c1nonc1N. The van der Waals surface area contributed by atoms with Crippen LogP contribution in [0.5, 0.6) is 5.75 Å². The molecular weight excluding hydrogens is 436 g/mol. The van der Waals surface area contributed by atoms with Gasteiger partial charge in [-0.15, -0.1) is 5.10 Å². The van der Waals surface area contributed by atoms with E-state index in [9.17, 15) is 9.90 Å². The highest BCUT2D eigenvalue weighted by Gasteiger charge is 2.27. The van der Waals surface area contributed by atoms with Crippen LogP contribution in [0.1, 0.15) is 94.2 Å². The van der Waals surface area contributed by atoms with Crippen molar-refractivity contribution >= 4 is 17.9 Å². The van der Waals surface area contributed by atoms with Crippen LogP contribution < -0.4 is 11.2 Å². The minimum atomic E-state index is -0.535. The van der Waals surface area contributed by atoms with Crippen LogP contribution in [0.3, 0.4) is 0 Å². The summed E-state index contributed by atoms with van der Waals surface area (Å²) in [6.07, 6.45) is 1.54. The van der Waals surface area contributed by atoms with E-state index < -0.39 is 5.91 Å². The predicted molar refractivity (Wildman–Crippen MR) is 128 cm³/mol. The van der Waals surface area contributed by atoms with Gasteiger partial charge in [0, 0.05) is 11.1 Å². The molecule has 0 aliphatic carbocycles. The molecule has 34 heavy (non-hydrogen) atoms. The maximum Gasteiger partial charge on any atom is 0.293 e. The number of aromatic nitrogens is 5. The number of phenols is 1. The van der Waals surface area contributed by atoms with Crippen molar-refractivity contribution in [2.24, 2.45) is 5.10 Å². The van der Waals surface area contributed by atoms with E-state index in [-0.39, 0.29) is 39.8 Å².